The molecule has 0 aromatic heterocycles. The lowest BCUT2D eigenvalue weighted by Gasteiger charge is -2.52. The summed E-state index contributed by atoms with van der Waals surface area (Å²) in [5.41, 5.74) is 7.30. The van der Waals surface area contributed by atoms with Crippen LogP contribution in [0, 0.1) is 11.3 Å². The van der Waals surface area contributed by atoms with Crippen molar-refractivity contribution < 1.29 is 19.2 Å². The number of carbonyl (C=O) groups excluding carboxylic acids is 4. The van der Waals surface area contributed by atoms with Crippen molar-refractivity contribution in [3.63, 3.8) is 0 Å². The molecule has 1 saturated heterocycles. The van der Waals surface area contributed by atoms with Crippen molar-refractivity contribution in [2.24, 2.45) is 17.1 Å². The van der Waals surface area contributed by atoms with Crippen molar-refractivity contribution in [1.82, 2.24) is 15.5 Å². The summed E-state index contributed by atoms with van der Waals surface area (Å²) in [5.74, 6) is -1.46. The van der Waals surface area contributed by atoms with Gasteiger partial charge in [0.2, 0.25) is 11.8 Å². The molecule has 3 atom stereocenters. The summed E-state index contributed by atoms with van der Waals surface area (Å²) in [6.45, 7) is 5.47. The third-order valence-electron chi connectivity index (χ3n) is 6.85. The van der Waals surface area contributed by atoms with Crippen LogP contribution in [0.1, 0.15) is 59.4 Å². The molecule has 0 radical (unpaired) electrons. The largest absolute Gasteiger partial charge is 0.330 e. The third kappa shape index (κ3) is 3.07. The van der Waals surface area contributed by atoms with E-state index in [0.717, 1.165) is 16.9 Å². The number of nitrogens with zero attached hydrogens (tertiary/aromatic N) is 1. The summed E-state index contributed by atoms with van der Waals surface area (Å²) in [5, 5.41) is 5.72. The van der Waals surface area contributed by atoms with Gasteiger partial charge in [-0.2, -0.15) is 0 Å². The first kappa shape index (κ1) is 19.7. The first-order chi connectivity index (χ1) is 13.8. The van der Waals surface area contributed by atoms with Gasteiger partial charge in [-0.25, -0.2) is 0 Å². The zero-order chi connectivity index (χ0) is 20.9. The highest BCUT2D eigenvalue weighted by molar-refractivity contribution is 6.24. The number of imide groups is 2. The normalized spacial score (nSPS) is 28.2. The van der Waals surface area contributed by atoms with Crippen molar-refractivity contribution in [2.75, 3.05) is 6.54 Å². The Balaban J connectivity index is 1.54. The van der Waals surface area contributed by atoms with Gasteiger partial charge in [0, 0.05) is 19.0 Å². The number of hydrogen-bond donors (Lipinski definition) is 3. The van der Waals surface area contributed by atoms with Crippen LogP contribution in [0.5, 0.6) is 0 Å². The molecule has 1 saturated carbocycles. The summed E-state index contributed by atoms with van der Waals surface area (Å²) in [7, 11) is 0. The lowest BCUT2D eigenvalue weighted by molar-refractivity contribution is -0.136. The predicted molar refractivity (Wildman–Crippen MR) is 105 cm³/mol. The van der Waals surface area contributed by atoms with E-state index in [1.165, 1.54) is 0 Å². The maximum atomic E-state index is 13.1. The number of piperidine rings is 1. The average Bonchev–Trinajstić information content (AvgIpc) is 2.93. The van der Waals surface area contributed by atoms with Gasteiger partial charge in [-0.1, -0.05) is 26.0 Å². The summed E-state index contributed by atoms with van der Waals surface area (Å²) in [6, 6.07) is 4.53. The van der Waals surface area contributed by atoms with Crippen molar-refractivity contribution in [3.05, 3.63) is 34.9 Å². The van der Waals surface area contributed by atoms with E-state index >= 15 is 0 Å². The van der Waals surface area contributed by atoms with E-state index < -0.39 is 23.8 Å². The first-order valence-electron chi connectivity index (χ1n) is 10.0. The van der Waals surface area contributed by atoms with E-state index in [1.807, 2.05) is 6.07 Å². The minimum atomic E-state index is -0.947. The summed E-state index contributed by atoms with van der Waals surface area (Å²) in [6.07, 6.45) is 1.24. The molecule has 29 heavy (non-hydrogen) atoms. The van der Waals surface area contributed by atoms with Crippen LogP contribution in [0.4, 0.5) is 0 Å². The standard InChI is InChI=1S/C21H26N4O4/c1-21(2)12(9-22)8-15(21)23-10-11-4-3-5-13-17(11)20(29)25(19(13)28)14-6-7-16(26)24-18(14)27/h3-5,12,14-15,23H,6-10,22H2,1-2H3,(H,24,26,27). The fourth-order valence-electron chi connectivity index (χ4n) is 4.73. The Labute approximate surface area is 169 Å². The van der Waals surface area contributed by atoms with Gasteiger partial charge in [0.05, 0.1) is 11.1 Å². The summed E-state index contributed by atoms with van der Waals surface area (Å²) < 4.78 is 0. The lowest BCUT2D eigenvalue weighted by Crippen LogP contribution is -2.58. The lowest BCUT2D eigenvalue weighted by atomic mass is 9.58. The molecule has 3 unspecified atom stereocenters. The molecule has 1 aromatic rings. The summed E-state index contributed by atoms with van der Waals surface area (Å²) >= 11 is 0. The van der Waals surface area contributed by atoms with Crippen LogP contribution in [0.3, 0.4) is 0 Å². The predicted octanol–water partition coefficient (Wildman–Crippen LogP) is 0.551. The van der Waals surface area contributed by atoms with Crippen LogP contribution in [0.2, 0.25) is 0 Å². The first-order valence-corrected chi connectivity index (χ1v) is 10.0. The highest BCUT2D eigenvalue weighted by Crippen LogP contribution is 2.45. The molecule has 2 heterocycles. The van der Waals surface area contributed by atoms with Gasteiger partial charge in [-0.15, -0.1) is 0 Å². The van der Waals surface area contributed by atoms with Crippen LogP contribution >= 0.6 is 0 Å². The van der Waals surface area contributed by atoms with E-state index in [9.17, 15) is 19.2 Å². The molecule has 4 amide bonds. The van der Waals surface area contributed by atoms with E-state index in [4.69, 9.17) is 5.73 Å². The molecule has 4 rings (SSSR count). The number of hydrogen-bond acceptors (Lipinski definition) is 6. The molecule has 1 aliphatic carbocycles. The van der Waals surface area contributed by atoms with Gasteiger partial charge >= 0.3 is 0 Å². The molecule has 0 spiro atoms. The maximum absolute atomic E-state index is 13.1. The zero-order valence-electron chi connectivity index (χ0n) is 16.7. The van der Waals surface area contributed by atoms with Crippen molar-refractivity contribution in [3.8, 4) is 0 Å². The molecule has 4 N–H and O–H groups in total. The number of benzene rings is 1. The third-order valence-corrected chi connectivity index (χ3v) is 6.85. The Kier molecular flexibility index (Phi) is 4.78. The SMILES string of the molecule is CC1(C)C(CN)CC1NCc1cccc2c1C(=O)N(C1CCC(=O)NC1=O)C2=O. The molecule has 154 valence electrons. The van der Waals surface area contributed by atoms with Gasteiger partial charge in [0.15, 0.2) is 0 Å². The minimum Gasteiger partial charge on any atom is -0.330 e. The smallest absolute Gasteiger partial charge is 0.262 e. The average molecular weight is 398 g/mol. The van der Waals surface area contributed by atoms with E-state index in [-0.39, 0.29) is 30.2 Å². The van der Waals surface area contributed by atoms with Crippen molar-refractivity contribution >= 4 is 23.6 Å². The Morgan fingerprint density at radius 1 is 1.21 bits per heavy atom. The quantitative estimate of drug-likeness (QED) is 0.623. The van der Waals surface area contributed by atoms with Gasteiger partial charge in [-0.3, -0.25) is 29.4 Å². The van der Waals surface area contributed by atoms with Gasteiger partial charge in [0.1, 0.15) is 6.04 Å². The van der Waals surface area contributed by atoms with Gasteiger partial charge in [0.25, 0.3) is 11.8 Å². The number of amides is 4. The van der Waals surface area contributed by atoms with E-state index in [2.05, 4.69) is 24.5 Å². The molecule has 8 nitrogen and oxygen atoms in total. The summed E-state index contributed by atoms with van der Waals surface area (Å²) in [4.78, 5) is 50.6. The zero-order valence-corrected chi connectivity index (χ0v) is 16.7. The molecule has 2 aliphatic heterocycles. The van der Waals surface area contributed by atoms with Crippen LogP contribution in [-0.4, -0.2) is 47.2 Å². The van der Waals surface area contributed by atoms with Gasteiger partial charge < -0.3 is 11.1 Å². The molecule has 0 bridgehead atoms. The van der Waals surface area contributed by atoms with Crippen molar-refractivity contribution in [1.29, 1.82) is 0 Å². The maximum Gasteiger partial charge on any atom is 0.262 e. The van der Waals surface area contributed by atoms with Crippen LogP contribution in [0.25, 0.3) is 0 Å². The number of carbonyl (C=O) groups is 4. The molecule has 2 fully saturated rings. The topological polar surface area (TPSA) is 122 Å². The monoisotopic (exact) mass is 398 g/mol. The Hall–Kier alpha value is -2.58. The second-order valence-electron chi connectivity index (χ2n) is 8.71. The molecule has 1 aromatic carbocycles. The highest BCUT2D eigenvalue weighted by atomic mass is 16.2. The molecular formula is C21H26N4O4. The minimum absolute atomic E-state index is 0.0747. The Morgan fingerprint density at radius 3 is 2.62 bits per heavy atom. The van der Waals surface area contributed by atoms with E-state index in [1.54, 1.807) is 12.1 Å². The second-order valence-corrected chi connectivity index (χ2v) is 8.71. The number of rotatable bonds is 5. The Morgan fingerprint density at radius 2 is 1.97 bits per heavy atom. The molecule has 3 aliphatic rings. The number of nitrogens with one attached hydrogen (secondary N) is 2. The van der Waals surface area contributed by atoms with Crippen LogP contribution < -0.4 is 16.4 Å². The molecule has 8 heteroatoms. The Bertz CT molecular complexity index is 910. The fourth-order valence-corrected chi connectivity index (χ4v) is 4.73. The van der Waals surface area contributed by atoms with E-state index in [0.29, 0.717) is 30.1 Å². The van der Waals surface area contributed by atoms with Crippen molar-refractivity contribution in [2.45, 2.75) is 51.7 Å². The molecular weight excluding hydrogens is 372 g/mol. The highest BCUT2D eigenvalue weighted by Gasteiger charge is 2.48. The second kappa shape index (κ2) is 7.03. The van der Waals surface area contributed by atoms with Gasteiger partial charge in [-0.05, 0) is 42.3 Å². The number of nitrogens with two attached hydrogens (primary N) is 1. The van der Waals surface area contributed by atoms with Crippen LogP contribution in [-0.2, 0) is 16.1 Å². The fraction of sp³-hybridized carbons (Fsp3) is 0.524. The number of fused-ring (bicyclic) bond motifs is 1. The van der Waals surface area contributed by atoms with Crippen LogP contribution in [0.15, 0.2) is 18.2 Å².